The molecule has 1 saturated carbocycles. The summed E-state index contributed by atoms with van der Waals surface area (Å²) >= 11 is 0. The lowest BCUT2D eigenvalue weighted by atomic mass is 9.86. The number of hydrogen-bond acceptors (Lipinski definition) is 3. The van der Waals surface area contributed by atoms with E-state index in [1.807, 2.05) is 6.08 Å². The Labute approximate surface area is 115 Å². The summed E-state index contributed by atoms with van der Waals surface area (Å²) in [6.45, 7) is 7.76. The summed E-state index contributed by atoms with van der Waals surface area (Å²) in [7, 11) is 0. The van der Waals surface area contributed by atoms with Crippen LogP contribution < -0.4 is 0 Å². The van der Waals surface area contributed by atoms with Gasteiger partial charge >= 0.3 is 5.97 Å². The van der Waals surface area contributed by atoms with Gasteiger partial charge in [0, 0.05) is 12.3 Å². The van der Waals surface area contributed by atoms with Crippen molar-refractivity contribution in [1.29, 1.82) is 0 Å². The van der Waals surface area contributed by atoms with Crippen LogP contribution in [0.4, 0.5) is 0 Å². The van der Waals surface area contributed by atoms with Gasteiger partial charge in [0.2, 0.25) is 0 Å². The Morgan fingerprint density at radius 1 is 1.16 bits per heavy atom. The molecule has 2 aliphatic rings. The van der Waals surface area contributed by atoms with Gasteiger partial charge in [-0.15, -0.1) is 13.2 Å². The fraction of sp³-hybridized carbons (Fsp3) is 0.625. The summed E-state index contributed by atoms with van der Waals surface area (Å²) in [5.41, 5.74) is 0. The topological polar surface area (TPSA) is 43.4 Å². The van der Waals surface area contributed by atoms with Crippen LogP contribution >= 0.6 is 0 Å². The highest BCUT2D eigenvalue weighted by Crippen LogP contribution is 2.23. The third-order valence-electron chi connectivity index (χ3n) is 3.62. The van der Waals surface area contributed by atoms with Crippen LogP contribution in [0.15, 0.2) is 25.3 Å². The molecule has 2 rings (SSSR count). The first-order chi connectivity index (χ1) is 9.19. The van der Waals surface area contributed by atoms with Gasteiger partial charge in [-0.2, -0.15) is 0 Å². The van der Waals surface area contributed by atoms with Crippen molar-refractivity contribution in [3.63, 3.8) is 0 Å². The van der Waals surface area contributed by atoms with Gasteiger partial charge in [0.25, 0.3) is 0 Å². The lowest BCUT2D eigenvalue weighted by Crippen LogP contribution is -2.21. The predicted octanol–water partition coefficient (Wildman–Crippen LogP) is 3.45. The Balaban J connectivity index is 0.000000191. The van der Waals surface area contributed by atoms with Crippen molar-refractivity contribution in [1.82, 2.24) is 0 Å². The van der Waals surface area contributed by atoms with E-state index >= 15 is 0 Å². The maximum atomic E-state index is 11.1. The maximum absolute atomic E-state index is 11.1. The zero-order valence-corrected chi connectivity index (χ0v) is 11.6. The highest BCUT2D eigenvalue weighted by Gasteiger charge is 2.20. The number of carbonyl (C=O) groups is 2. The third kappa shape index (κ3) is 5.41. The van der Waals surface area contributed by atoms with Gasteiger partial charge in [-0.1, -0.05) is 18.6 Å². The largest absolute Gasteiger partial charge is 0.465 e. The number of allylic oxidation sites excluding steroid dienone is 1. The van der Waals surface area contributed by atoms with Gasteiger partial charge in [-0.05, 0) is 32.1 Å². The number of ether oxygens (including phenoxy) is 1. The Bertz CT molecular complexity index is 333. The molecule has 3 nitrogen and oxygen atoms in total. The molecule has 2 atom stereocenters. The smallest absolute Gasteiger partial charge is 0.312 e. The Morgan fingerprint density at radius 3 is 2.47 bits per heavy atom. The average Bonchev–Trinajstić information content (AvgIpc) is 2.43. The molecule has 0 N–H and O–H groups in total. The van der Waals surface area contributed by atoms with Crippen LogP contribution in [0.3, 0.4) is 0 Å². The van der Waals surface area contributed by atoms with E-state index in [1.165, 1.54) is 6.42 Å². The highest BCUT2D eigenvalue weighted by molar-refractivity contribution is 5.81. The first-order valence-corrected chi connectivity index (χ1v) is 7.11. The van der Waals surface area contributed by atoms with Crippen LogP contribution in [0.25, 0.3) is 0 Å². The van der Waals surface area contributed by atoms with Crippen LogP contribution in [0, 0.1) is 11.8 Å². The third-order valence-corrected chi connectivity index (χ3v) is 3.62. The van der Waals surface area contributed by atoms with E-state index in [0.29, 0.717) is 18.3 Å². The van der Waals surface area contributed by atoms with Crippen LogP contribution in [0.2, 0.25) is 0 Å². The van der Waals surface area contributed by atoms with E-state index in [9.17, 15) is 9.59 Å². The average molecular weight is 264 g/mol. The SMILES string of the molecule is C=CC1CCCOC1=O.C=CCC1CCCCC1=O. The molecule has 0 amide bonds. The molecule has 2 fully saturated rings. The minimum atomic E-state index is -0.115. The summed E-state index contributed by atoms with van der Waals surface area (Å²) in [4.78, 5) is 21.9. The van der Waals surface area contributed by atoms with E-state index in [0.717, 1.165) is 38.5 Å². The molecule has 19 heavy (non-hydrogen) atoms. The molecule has 1 aliphatic heterocycles. The molecular formula is C16H24O3. The molecule has 0 aromatic rings. The van der Waals surface area contributed by atoms with Crippen molar-refractivity contribution >= 4 is 11.8 Å². The number of cyclic esters (lactones) is 1. The standard InChI is InChI=1S/C9H14O.C7H10O2/c1-2-5-8-6-3-4-7-9(8)10;1-2-6-4-3-5-9-7(6)8/h2,8H,1,3-7H2;2,6H,1,3-5H2. The van der Waals surface area contributed by atoms with Crippen molar-refractivity contribution in [3.8, 4) is 0 Å². The van der Waals surface area contributed by atoms with E-state index in [-0.39, 0.29) is 11.9 Å². The van der Waals surface area contributed by atoms with Gasteiger partial charge in [-0.3, -0.25) is 9.59 Å². The number of Topliss-reactive ketones (excluding diaryl/α,β-unsaturated/α-hetero) is 1. The van der Waals surface area contributed by atoms with Gasteiger partial charge in [0.15, 0.2) is 0 Å². The van der Waals surface area contributed by atoms with Crippen LogP contribution in [-0.2, 0) is 14.3 Å². The molecule has 0 aromatic heterocycles. The second-order valence-electron chi connectivity index (χ2n) is 5.09. The highest BCUT2D eigenvalue weighted by atomic mass is 16.5. The number of hydrogen-bond donors (Lipinski definition) is 0. The number of rotatable bonds is 3. The van der Waals surface area contributed by atoms with Gasteiger partial charge in [0.1, 0.15) is 5.78 Å². The first kappa shape index (κ1) is 15.7. The minimum Gasteiger partial charge on any atom is -0.465 e. The van der Waals surface area contributed by atoms with E-state index in [4.69, 9.17) is 4.74 Å². The van der Waals surface area contributed by atoms with Crippen LogP contribution in [-0.4, -0.2) is 18.4 Å². The lowest BCUT2D eigenvalue weighted by Gasteiger charge is -2.18. The van der Waals surface area contributed by atoms with Gasteiger partial charge in [-0.25, -0.2) is 0 Å². The minimum absolute atomic E-state index is 0.0428. The number of carbonyl (C=O) groups excluding carboxylic acids is 2. The van der Waals surface area contributed by atoms with Crippen molar-refractivity contribution in [2.24, 2.45) is 11.8 Å². The second kappa shape index (κ2) is 8.68. The van der Waals surface area contributed by atoms with E-state index in [2.05, 4.69) is 13.2 Å². The molecule has 0 spiro atoms. The summed E-state index contributed by atoms with van der Waals surface area (Å²) < 4.78 is 4.77. The molecule has 106 valence electrons. The fourth-order valence-corrected chi connectivity index (χ4v) is 2.42. The summed E-state index contributed by atoms with van der Waals surface area (Å²) in [5.74, 6) is 0.604. The monoisotopic (exact) mass is 264 g/mol. The maximum Gasteiger partial charge on any atom is 0.312 e. The molecule has 2 unspecified atom stereocenters. The molecule has 0 radical (unpaired) electrons. The van der Waals surface area contributed by atoms with Gasteiger partial charge in [0.05, 0.1) is 12.5 Å². The molecule has 0 bridgehead atoms. The van der Waals surface area contributed by atoms with E-state index < -0.39 is 0 Å². The quantitative estimate of drug-likeness (QED) is 0.579. The summed E-state index contributed by atoms with van der Waals surface area (Å²) in [6.07, 6.45) is 10.5. The van der Waals surface area contributed by atoms with Crippen molar-refractivity contribution in [2.45, 2.75) is 44.9 Å². The summed E-state index contributed by atoms with van der Waals surface area (Å²) in [6, 6.07) is 0. The van der Waals surface area contributed by atoms with E-state index in [1.54, 1.807) is 6.08 Å². The number of ketones is 1. The molecule has 1 heterocycles. The number of esters is 1. The van der Waals surface area contributed by atoms with Gasteiger partial charge < -0.3 is 4.74 Å². The second-order valence-corrected chi connectivity index (χ2v) is 5.09. The van der Waals surface area contributed by atoms with Crippen molar-refractivity contribution < 1.29 is 14.3 Å². The Hall–Kier alpha value is -1.38. The first-order valence-electron chi connectivity index (χ1n) is 7.11. The zero-order chi connectivity index (χ0) is 14.1. The normalized spacial score (nSPS) is 26.7. The Kier molecular flexibility index (Phi) is 7.16. The molecule has 3 heteroatoms. The fourth-order valence-electron chi connectivity index (χ4n) is 2.42. The molecular weight excluding hydrogens is 240 g/mol. The van der Waals surface area contributed by atoms with Crippen LogP contribution in [0.1, 0.15) is 44.9 Å². The lowest BCUT2D eigenvalue weighted by molar-refractivity contribution is -0.150. The Morgan fingerprint density at radius 2 is 1.95 bits per heavy atom. The molecule has 1 saturated heterocycles. The zero-order valence-electron chi connectivity index (χ0n) is 11.6. The predicted molar refractivity (Wildman–Crippen MR) is 75.7 cm³/mol. The summed E-state index contributed by atoms with van der Waals surface area (Å²) in [5, 5.41) is 0. The molecule has 1 aliphatic carbocycles. The van der Waals surface area contributed by atoms with Crippen molar-refractivity contribution in [2.75, 3.05) is 6.61 Å². The van der Waals surface area contributed by atoms with Crippen molar-refractivity contribution in [3.05, 3.63) is 25.3 Å². The van der Waals surface area contributed by atoms with Crippen LogP contribution in [0.5, 0.6) is 0 Å². The molecule has 0 aromatic carbocycles.